The van der Waals surface area contributed by atoms with Crippen LogP contribution in [0.1, 0.15) is 71.7 Å². The summed E-state index contributed by atoms with van der Waals surface area (Å²) < 4.78 is 0. The van der Waals surface area contributed by atoms with E-state index < -0.39 is 0 Å². The van der Waals surface area contributed by atoms with Crippen molar-refractivity contribution in [3.8, 4) is 5.75 Å². The lowest BCUT2D eigenvalue weighted by molar-refractivity contribution is 0.0893. The summed E-state index contributed by atoms with van der Waals surface area (Å²) in [6.45, 7) is 2.21. The zero-order valence-electron chi connectivity index (χ0n) is 14.8. The molecule has 2 aromatic carbocycles. The average Bonchev–Trinajstić information content (AvgIpc) is 2.62. The summed E-state index contributed by atoms with van der Waals surface area (Å²) in [5, 5.41) is 9.71. The molecule has 0 radical (unpaired) electrons. The molecule has 0 aromatic heterocycles. The summed E-state index contributed by atoms with van der Waals surface area (Å²) in [6.07, 6.45) is 7.02. The molecular weight excluding hydrogens is 312 g/mol. The molecule has 132 valence electrons. The number of rotatable bonds is 10. The Morgan fingerprint density at radius 3 is 2.20 bits per heavy atom. The predicted octanol–water partition coefficient (Wildman–Crippen LogP) is 5.36. The standard InChI is InChI=1S/C22H26O3/c1-2-3-4-5-6-9-17-12-14-18(15-13-17)21(24)16-22(25)19-10-7-8-11-20(19)23/h7-8,10-15,23H,2-6,9,16H2,1H3. The Labute approximate surface area is 149 Å². The van der Waals surface area contributed by atoms with Crippen molar-refractivity contribution in [1.29, 1.82) is 0 Å². The van der Waals surface area contributed by atoms with Gasteiger partial charge < -0.3 is 5.11 Å². The minimum absolute atomic E-state index is 0.0845. The van der Waals surface area contributed by atoms with Gasteiger partial charge in [-0.3, -0.25) is 9.59 Å². The van der Waals surface area contributed by atoms with E-state index in [1.54, 1.807) is 24.3 Å². The van der Waals surface area contributed by atoms with E-state index in [4.69, 9.17) is 0 Å². The van der Waals surface area contributed by atoms with E-state index in [0.717, 1.165) is 6.42 Å². The van der Waals surface area contributed by atoms with Crippen LogP contribution in [0.3, 0.4) is 0 Å². The molecule has 0 heterocycles. The second-order valence-corrected chi connectivity index (χ2v) is 6.40. The van der Waals surface area contributed by atoms with Gasteiger partial charge in [-0.1, -0.05) is 69.0 Å². The van der Waals surface area contributed by atoms with Gasteiger partial charge in [0.1, 0.15) is 5.75 Å². The smallest absolute Gasteiger partial charge is 0.174 e. The Kier molecular flexibility index (Phi) is 7.39. The number of hydrogen-bond acceptors (Lipinski definition) is 3. The van der Waals surface area contributed by atoms with Gasteiger partial charge in [0.25, 0.3) is 0 Å². The number of Topliss-reactive ketones (excluding diaryl/α,β-unsaturated/α-hetero) is 2. The van der Waals surface area contributed by atoms with Crippen LogP contribution in [0, 0.1) is 0 Å². The van der Waals surface area contributed by atoms with Crippen LogP contribution >= 0.6 is 0 Å². The molecule has 0 spiro atoms. The molecule has 0 bridgehead atoms. The van der Waals surface area contributed by atoms with Crippen molar-refractivity contribution < 1.29 is 14.7 Å². The number of phenols is 1. The summed E-state index contributed by atoms with van der Waals surface area (Å²) in [4.78, 5) is 24.4. The van der Waals surface area contributed by atoms with Gasteiger partial charge >= 0.3 is 0 Å². The SMILES string of the molecule is CCCCCCCc1ccc(C(=O)CC(=O)c2ccccc2O)cc1. The van der Waals surface area contributed by atoms with Gasteiger partial charge in [-0.05, 0) is 30.5 Å². The minimum atomic E-state index is -0.358. The number of ketones is 2. The maximum atomic E-state index is 12.3. The lowest BCUT2D eigenvalue weighted by Gasteiger charge is -2.05. The third-order valence-corrected chi connectivity index (χ3v) is 4.37. The van der Waals surface area contributed by atoms with E-state index in [1.165, 1.54) is 49.8 Å². The van der Waals surface area contributed by atoms with E-state index in [-0.39, 0.29) is 29.3 Å². The monoisotopic (exact) mass is 338 g/mol. The molecular formula is C22H26O3. The van der Waals surface area contributed by atoms with Gasteiger partial charge in [0.05, 0.1) is 12.0 Å². The first kappa shape index (κ1) is 18.9. The Balaban J connectivity index is 1.88. The Hall–Kier alpha value is -2.42. The summed E-state index contributed by atoms with van der Waals surface area (Å²) >= 11 is 0. The third kappa shape index (κ3) is 5.86. The number of phenolic OH excluding ortho intramolecular Hbond substituents is 1. The molecule has 0 amide bonds. The second-order valence-electron chi connectivity index (χ2n) is 6.40. The predicted molar refractivity (Wildman–Crippen MR) is 100 cm³/mol. The number of benzene rings is 2. The van der Waals surface area contributed by atoms with Gasteiger partial charge in [0, 0.05) is 5.56 Å². The minimum Gasteiger partial charge on any atom is -0.507 e. The molecule has 25 heavy (non-hydrogen) atoms. The van der Waals surface area contributed by atoms with Crippen molar-refractivity contribution in [2.75, 3.05) is 0 Å². The lowest BCUT2D eigenvalue weighted by atomic mass is 9.99. The van der Waals surface area contributed by atoms with Gasteiger partial charge in [-0.15, -0.1) is 0 Å². The van der Waals surface area contributed by atoms with Crippen LogP contribution in [-0.2, 0) is 6.42 Å². The van der Waals surface area contributed by atoms with Crippen LogP contribution < -0.4 is 0 Å². The maximum absolute atomic E-state index is 12.3. The number of hydrogen-bond donors (Lipinski definition) is 1. The van der Waals surface area contributed by atoms with Crippen LogP contribution in [0.25, 0.3) is 0 Å². The Morgan fingerprint density at radius 2 is 1.52 bits per heavy atom. The summed E-state index contributed by atoms with van der Waals surface area (Å²) in [5.74, 6) is -0.662. The van der Waals surface area contributed by atoms with Crippen LogP contribution in [-0.4, -0.2) is 16.7 Å². The first-order chi connectivity index (χ1) is 12.1. The number of para-hydroxylation sites is 1. The number of aromatic hydroxyl groups is 1. The normalized spacial score (nSPS) is 10.6. The highest BCUT2D eigenvalue weighted by Gasteiger charge is 2.16. The summed E-state index contributed by atoms with van der Waals surface area (Å²) in [7, 11) is 0. The summed E-state index contributed by atoms with van der Waals surface area (Å²) in [5.41, 5.74) is 1.96. The maximum Gasteiger partial charge on any atom is 0.174 e. The van der Waals surface area contributed by atoms with Crippen LogP contribution in [0.2, 0.25) is 0 Å². The molecule has 0 aliphatic rings. The highest BCUT2D eigenvalue weighted by Crippen LogP contribution is 2.19. The molecule has 3 nitrogen and oxygen atoms in total. The highest BCUT2D eigenvalue weighted by atomic mass is 16.3. The van der Waals surface area contributed by atoms with E-state index in [0.29, 0.717) is 5.56 Å². The number of unbranched alkanes of at least 4 members (excludes halogenated alkanes) is 4. The largest absolute Gasteiger partial charge is 0.507 e. The zero-order chi connectivity index (χ0) is 18.1. The van der Waals surface area contributed by atoms with Crippen molar-refractivity contribution >= 4 is 11.6 Å². The van der Waals surface area contributed by atoms with Crippen LogP contribution in [0.5, 0.6) is 5.75 Å². The molecule has 0 fully saturated rings. The number of carbonyl (C=O) groups excluding carboxylic acids is 2. The van der Waals surface area contributed by atoms with Crippen molar-refractivity contribution in [2.45, 2.75) is 51.9 Å². The van der Waals surface area contributed by atoms with E-state index in [2.05, 4.69) is 6.92 Å². The van der Waals surface area contributed by atoms with Crippen LogP contribution in [0.4, 0.5) is 0 Å². The molecule has 0 unspecified atom stereocenters. The Morgan fingerprint density at radius 1 is 0.840 bits per heavy atom. The molecule has 0 saturated heterocycles. The molecule has 0 aliphatic heterocycles. The molecule has 0 saturated carbocycles. The first-order valence-electron chi connectivity index (χ1n) is 9.05. The molecule has 3 heteroatoms. The molecule has 2 rings (SSSR count). The quantitative estimate of drug-likeness (QED) is 0.360. The van der Waals surface area contributed by atoms with Gasteiger partial charge in [-0.2, -0.15) is 0 Å². The number of carbonyl (C=O) groups is 2. The van der Waals surface area contributed by atoms with Crippen molar-refractivity contribution in [2.24, 2.45) is 0 Å². The van der Waals surface area contributed by atoms with E-state index in [9.17, 15) is 14.7 Å². The topological polar surface area (TPSA) is 54.4 Å². The molecule has 2 aromatic rings. The molecule has 0 atom stereocenters. The number of aryl methyl sites for hydroxylation is 1. The molecule has 1 N–H and O–H groups in total. The second kappa shape index (κ2) is 9.77. The fourth-order valence-corrected chi connectivity index (χ4v) is 2.84. The third-order valence-electron chi connectivity index (χ3n) is 4.37. The Bertz CT molecular complexity index is 701. The zero-order valence-corrected chi connectivity index (χ0v) is 14.8. The van der Waals surface area contributed by atoms with Gasteiger partial charge in [0.15, 0.2) is 11.6 Å². The fourth-order valence-electron chi connectivity index (χ4n) is 2.84. The van der Waals surface area contributed by atoms with Crippen molar-refractivity contribution in [3.63, 3.8) is 0 Å². The fraction of sp³-hybridized carbons (Fsp3) is 0.364. The van der Waals surface area contributed by atoms with Crippen LogP contribution in [0.15, 0.2) is 48.5 Å². The lowest BCUT2D eigenvalue weighted by Crippen LogP contribution is -2.09. The van der Waals surface area contributed by atoms with Crippen molar-refractivity contribution in [3.05, 3.63) is 65.2 Å². The first-order valence-corrected chi connectivity index (χ1v) is 9.05. The summed E-state index contributed by atoms with van der Waals surface area (Å²) in [6, 6.07) is 13.8. The molecule has 0 aliphatic carbocycles. The van der Waals surface area contributed by atoms with E-state index in [1.807, 2.05) is 12.1 Å². The van der Waals surface area contributed by atoms with Crippen molar-refractivity contribution in [1.82, 2.24) is 0 Å². The van der Waals surface area contributed by atoms with E-state index >= 15 is 0 Å². The van der Waals surface area contributed by atoms with Gasteiger partial charge in [0.2, 0.25) is 0 Å². The van der Waals surface area contributed by atoms with Gasteiger partial charge in [-0.25, -0.2) is 0 Å². The highest BCUT2D eigenvalue weighted by molar-refractivity contribution is 6.14. The average molecular weight is 338 g/mol.